The fourth-order valence-corrected chi connectivity index (χ4v) is 9.77. The molecule has 154 valence electrons. The minimum Gasteiger partial charge on any atom is -0.458 e. The molecule has 28 heavy (non-hydrogen) atoms. The van der Waals surface area contributed by atoms with Crippen LogP contribution in [0.5, 0.6) is 0 Å². The van der Waals surface area contributed by atoms with E-state index < -0.39 is 0 Å². The molecule has 0 aromatic rings. The van der Waals surface area contributed by atoms with Gasteiger partial charge in [-0.2, -0.15) is 0 Å². The number of fused-ring (bicyclic) bond motifs is 8. The first-order valence-corrected chi connectivity index (χ1v) is 11.8. The summed E-state index contributed by atoms with van der Waals surface area (Å²) in [5, 5.41) is 0. The zero-order chi connectivity index (χ0) is 19.5. The van der Waals surface area contributed by atoms with Crippen molar-refractivity contribution < 1.29 is 14.3 Å². The minimum atomic E-state index is -0.221. The Kier molecular flexibility index (Phi) is 3.47. The average Bonchev–Trinajstić information content (AvgIpc) is 3.16. The molecule has 0 aromatic carbocycles. The lowest BCUT2D eigenvalue weighted by Gasteiger charge is -2.64. The van der Waals surface area contributed by atoms with Crippen molar-refractivity contribution in [1.29, 1.82) is 0 Å². The van der Waals surface area contributed by atoms with Gasteiger partial charge in [-0.1, -0.05) is 13.8 Å². The number of carbonyl (C=O) groups excluding carboxylic acids is 2. The molecule has 3 bridgehead atoms. The van der Waals surface area contributed by atoms with Crippen LogP contribution in [0.25, 0.3) is 0 Å². The van der Waals surface area contributed by atoms with E-state index in [0.717, 1.165) is 32.1 Å². The molecule has 5 aliphatic carbocycles. The first kappa shape index (κ1) is 17.9. The number of ketones is 1. The molecule has 1 aliphatic heterocycles. The highest BCUT2D eigenvalue weighted by Gasteiger charge is 2.70. The van der Waals surface area contributed by atoms with Crippen LogP contribution >= 0.6 is 0 Å². The van der Waals surface area contributed by atoms with E-state index in [-0.39, 0.29) is 28.9 Å². The molecule has 6 fully saturated rings. The lowest BCUT2D eigenvalue weighted by Crippen LogP contribution is -2.63. The summed E-state index contributed by atoms with van der Waals surface area (Å²) in [5.41, 5.74) is 7.04. The van der Waals surface area contributed by atoms with Crippen LogP contribution < -0.4 is 5.73 Å². The van der Waals surface area contributed by atoms with Gasteiger partial charge in [-0.3, -0.25) is 9.59 Å². The van der Waals surface area contributed by atoms with Gasteiger partial charge < -0.3 is 10.5 Å². The van der Waals surface area contributed by atoms with Gasteiger partial charge in [0.05, 0.1) is 0 Å². The number of Topliss-reactive ketones (excluding diaryl/α,β-unsaturated/α-hetero) is 1. The zero-order valence-electron chi connectivity index (χ0n) is 17.4. The fraction of sp³-hybridized carbons (Fsp3) is 0.917. The quantitative estimate of drug-likeness (QED) is 0.643. The van der Waals surface area contributed by atoms with Gasteiger partial charge in [-0.05, 0) is 86.4 Å². The van der Waals surface area contributed by atoms with E-state index in [1.807, 2.05) is 0 Å². The molecule has 6 rings (SSSR count). The van der Waals surface area contributed by atoms with E-state index in [2.05, 4.69) is 13.8 Å². The van der Waals surface area contributed by atoms with Crippen molar-refractivity contribution in [1.82, 2.24) is 0 Å². The predicted molar refractivity (Wildman–Crippen MR) is 105 cm³/mol. The third kappa shape index (κ3) is 1.92. The first-order chi connectivity index (χ1) is 13.3. The Morgan fingerprint density at radius 1 is 0.964 bits per heavy atom. The summed E-state index contributed by atoms with van der Waals surface area (Å²) in [7, 11) is 0. The maximum atomic E-state index is 12.9. The molecule has 0 radical (unpaired) electrons. The second-order valence-electron chi connectivity index (χ2n) is 11.7. The van der Waals surface area contributed by atoms with E-state index >= 15 is 0 Å². The summed E-state index contributed by atoms with van der Waals surface area (Å²) in [5.74, 6) is 3.62. The normalized spacial score (nSPS) is 59.8. The number of esters is 1. The van der Waals surface area contributed by atoms with Crippen LogP contribution in [0.15, 0.2) is 0 Å². The molecule has 1 saturated heterocycles. The Balaban J connectivity index is 1.44. The van der Waals surface area contributed by atoms with Crippen LogP contribution in [0.3, 0.4) is 0 Å². The molecule has 6 aliphatic rings. The molecule has 5 saturated carbocycles. The largest absolute Gasteiger partial charge is 0.458 e. The molecule has 1 spiro atoms. The molecule has 1 heterocycles. The second-order valence-corrected chi connectivity index (χ2v) is 11.7. The summed E-state index contributed by atoms with van der Waals surface area (Å²) in [6.07, 6.45) is 10.2. The van der Waals surface area contributed by atoms with Crippen molar-refractivity contribution in [3.8, 4) is 0 Å². The van der Waals surface area contributed by atoms with E-state index in [9.17, 15) is 9.59 Å². The van der Waals surface area contributed by atoms with Gasteiger partial charge in [0, 0.05) is 30.2 Å². The molecule has 10 atom stereocenters. The number of rotatable bonds is 0. The Morgan fingerprint density at radius 3 is 2.50 bits per heavy atom. The van der Waals surface area contributed by atoms with Crippen molar-refractivity contribution in [3.05, 3.63) is 0 Å². The van der Waals surface area contributed by atoms with Gasteiger partial charge >= 0.3 is 5.97 Å². The van der Waals surface area contributed by atoms with Crippen molar-refractivity contribution in [3.63, 3.8) is 0 Å². The topological polar surface area (TPSA) is 69.4 Å². The van der Waals surface area contributed by atoms with Crippen LogP contribution in [0, 0.1) is 46.3 Å². The Hall–Kier alpha value is -0.900. The highest BCUT2D eigenvalue weighted by Crippen LogP contribution is 2.72. The molecule has 0 amide bonds. The molecule has 7 unspecified atom stereocenters. The standard InChI is InChI=1S/C24H35NO3/c1-22-7-5-18(26)14-11-13(22)12-15(21(14)25)20-16(22)3-8-23(2)17(20)4-9-24(23)10-6-19(27)28-24/h13-17,20-21H,3-12,25H2,1-2H3/t13-,14?,15-,16?,17?,20?,21?,22?,23?,24-/m1/s1. The Morgan fingerprint density at radius 2 is 1.75 bits per heavy atom. The third-order valence-corrected chi connectivity index (χ3v) is 11.3. The van der Waals surface area contributed by atoms with Crippen molar-refractivity contribution in [2.75, 3.05) is 0 Å². The van der Waals surface area contributed by atoms with Crippen LogP contribution in [-0.2, 0) is 14.3 Å². The van der Waals surface area contributed by atoms with E-state index in [4.69, 9.17) is 10.5 Å². The number of ether oxygens (including phenoxy) is 1. The van der Waals surface area contributed by atoms with Crippen LogP contribution in [0.4, 0.5) is 0 Å². The highest BCUT2D eigenvalue weighted by molar-refractivity contribution is 5.82. The smallest absolute Gasteiger partial charge is 0.306 e. The molecule has 2 N–H and O–H groups in total. The summed E-state index contributed by atoms with van der Waals surface area (Å²) >= 11 is 0. The van der Waals surface area contributed by atoms with Crippen LogP contribution in [-0.4, -0.2) is 23.4 Å². The molecular weight excluding hydrogens is 350 g/mol. The average molecular weight is 386 g/mol. The van der Waals surface area contributed by atoms with Crippen molar-refractivity contribution in [2.45, 2.75) is 89.7 Å². The highest BCUT2D eigenvalue weighted by atomic mass is 16.6. The zero-order valence-corrected chi connectivity index (χ0v) is 17.4. The van der Waals surface area contributed by atoms with E-state index in [0.29, 0.717) is 47.2 Å². The monoisotopic (exact) mass is 385 g/mol. The van der Waals surface area contributed by atoms with Gasteiger partial charge in [-0.25, -0.2) is 0 Å². The van der Waals surface area contributed by atoms with Gasteiger partial charge in [0.15, 0.2) is 0 Å². The molecule has 4 nitrogen and oxygen atoms in total. The van der Waals surface area contributed by atoms with Gasteiger partial charge in [0.2, 0.25) is 0 Å². The molecule has 4 heteroatoms. The number of carbonyl (C=O) groups is 2. The fourth-order valence-electron chi connectivity index (χ4n) is 9.77. The van der Waals surface area contributed by atoms with Gasteiger partial charge in [0.25, 0.3) is 0 Å². The third-order valence-electron chi connectivity index (χ3n) is 11.3. The number of nitrogens with two attached hydrogens (primary N) is 1. The Labute approximate surface area is 168 Å². The lowest BCUT2D eigenvalue weighted by atomic mass is 9.41. The Bertz CT molecular complexity index is 750. The summed E-state index contributed by atoms with van der Waals surface area (Å²) in [6, 6.07) is 0.0453. The van der Waals surface area contributed by atoms with Crippen molar-refractivity contribution in [2.24, 2.45) is 52.1 Å². The lowest BCUT2D eigenvalue weighted by molar-refractivity contribution is -0.186. The second kappa shape index (κ2) is 5.42. The minimum absolute atomic E-state index is 0.00971. The summed E-state index contributed by atoms with van der Waals surface area (Å²) < 4.78 is 6.10. The number of hydrogen-bond donors (Lipinski definition) is 1. The predicted octanol–water partition coefficient (Wildman–Crippen LogP) is 3.86. The van der Waals surface area contributed by atoms with Crippen LogP contribution in [0.1, 0.15) is 78.1 Å². The van der Waals surface area contributed by atoms with E-state index in [1.165, 1.54) is 25.7 Å². The summed E-state index contributed by atoms with van der Waals surface area (Å²) in [6.45, 7) is 4.95. The van der Waals surface area contributed by atoms with Crippen molar-refractivity contribution >= 4 is 11.8 Å². The number of hydrogen-bond acceptors (Lipinski definition) is 4. The molecular formula is C24H35NO3. The first-order valence-electron chi connectivity index (χ1n) is 11.8. The molecule has 0 aromatic heterocycles. The van der Waals surface area contributed by atoms with E-state index in [1.54, 1.807) is 0 Å². The van der Waals surface area contributed by atoms with Gasteiger partial charge in [0.1, 0.15) is 11.4 Å². The maximum absolute atomic E-state index is 12.9. The maximum Gasteiger partial charge on any atom is 0.306 e. The van der Waals surface area contributed by atoms with Crippen LogP contribution in [0.2, 0.25) is 0 Å². The van der Waals surface area contributed by atoms with Gasteiger partial charge in [-0.15, -0.1) is 0 Å². The summed E-state index contributed by atoms with van der Waals surface area (Å²) in [4.78, 5) is 25.0. The SMILES string of the molecule is CC12CCC(=O)C3C[C@@H]1C[C@@H](C3N)C1C2CCC2(C)C1CC[C@@]21CCC(=O)O1.